The lowest BCUT2D eigenvalue weighted by atomic mass is 10.0. The molecule has 94 valence electrons. The third-order valence-corrected chi connectivity index (χ3v) is 2.96. The zero-order chi connectivity index (χ0) is 13.3. The van der Waals surface area contributed by atoms with Gasteiger partial charge in [0, 0.05) is 17.5 Å². The van der Waals surface area contributed by atoms with Crippen molar-refractivity contribution < 1.29 is 0 Å². The highest BCUT2D eigenvalue weighted by Gasteiger charge is 2.08. The Morgan fingerprint density at radius 2 is 1.89 bits per heavy atom. The van der Waals surface area contributed by atoms with Crippen LogP contribution in [0.25, 0.3) is 11.3 Å². The van der Waals surface area contributed by atoms with Crippen LogP contribution in [0.3, 0.4) is 0 Å². The van der Waals surface area contributed by atoms with Crippen molar-refractivity contribution in [3.63, 3.8) is 0 Å². The number of nitrogens with one attached hydrogen (secondary N) is 1. The van der Waals surface area contributed by atoms with E-state index < -0.39 is 0 Å². The fourth-order valence-electron chi connectivity index (χ4n) is 1.99. The number of rotatable bonds is 2. The summed E-state index contributed by atoms with van der Waals surface area (Å²) < 4.78 is 0. The second-order valence-corrected chi connectivity index (χ2v) is 4.99. The van der Waals surface area contributed by atoms with Crippen LogP contribution in [-0.4, -0.2) is 9.97 Å². The van der Waals surface area contributed by atoms with Crippen LogP contribution < -0.4 is 5.56 Å². The molecule has 1 aromatic heterocycles. The average Bonchev–Trinajstić information content (AvgIpc) is 2.27. The number of benzene rings is 1. The minimum atomic E-state index is -0.0938. The summed E-state index contributed by atoms with van der Waals surface area (Å²) >= 11 is 0. The van der Waals surface area contributed by atoms with Gasteiger partial charge in [0.25, 0.3) is 5.56 Å². The van der Waals surface area contributed by atoms with Crippen molar-refractivity contribution in [3.05, 3.63) is 51.6 Å². The van der Waals surface area contributed by atoms with Crippen LogP contribution >= 0.6 is 0 Å². The van der Waals surface area contributed by atoms with Gasteiger partial charge in [-0.25, -0.2) is 4.98 Å². The highest BCUT2D eigenvalue weighted by Crippen LogP contribution is 2.22. The van der Waals surface area contributed by atoms with Crippen molar-refractivity contribution in [3.8, 4) is 11.3 Å². The highest BCUT2D eigenvalue weighted by atomic mass is 16.1. The minimum Gasteiger partial charge on any atom is -0.310 e. The summed E-state index contributed by atoms with van der Waals surface area (Å²) in [6.45, 7) is 8.13. The fourth-order valence-corrected chi connectivity index (χ4v) is 1.99. The number of aryl methyl sites for hydroxylation is 2. The van der Waals surface area contributed by atoms with Gasteiger partial charge < -0.3 is 4.98 Å². The summed E-state index contributed by atoms with van der Waals surface area (Å²) in [7, 11) is 0. The molecule has 0 bridgehead atoms. The average molecular weight is 242 g/mol. The molecule has 0 spiro atoms. The number of aromatic nitrogens is 2. The first-order valence-electron chi connectivity index (χ1n) is 6.16. The van der Waals surface area contributed by atoms with Crippen LogP contribution in [0.4, 0.5) is 0 Å². The number of hydrogen-bond acceptors (Lipinski definition) is 2. The molecule has 0 saturated heterocycles. The van der Waals surface area contributed by atoms with Crippen LogP contribution in [-0.2, 0) is 0 Å². The van der Waals surface area contributed by atoms with E-state index in [1.807, 2.05) is 32.9 Å². The highest BCUT2D eigenvalue weighted by molar-refractivity contribution is 5.63. The van der Waals surface area contributed by atoms with Gasteiger partial charge in [0.2, 0.25) is 0 Å². The normalized spacial score (nSPS) is 10.9. The standard InChI is InChI=1S/C15H18N2O/c1-9(2)15-16-13(8-14(18)17-15)12-6-5-10(3)7-11(12)4/h5-9H,1-4H3,(H,16,17,18). The Balaban J connectivity index is 2.60. The van der Waals surface area contributed by atoms with Gasteiger partial charge in [0.1, 0.15) is 5.82 Å². The molecule has 0 aliphatic heterocycles. The number of nitrogens with zero attached hydrogens (tertiary/aromatic N) is 1. The summed E-state index contributed by atoms with van der Waals surface area (Å²) in [4.78, 5) is 19.0. The van der Waals surface area contributed by atoms with Gasteiger partial charge in [-0.1, -0.05) is 37.6 Å². The van der Waals surface area contributed by atoms with E-state index in [9.17, 15) is 4.79 Å². The summed E-state index contributed by atoms with van der Waals surface area (Å²) in [5.41, 5.74) is 4.03. The second kappa shape index (κ2) is 4.77. The molecule has 0 aliphatic carbocycles. The molecule has 3 heteroatoms. The van der Waals surface area contributed by atoms with E-state index in [-0.39, 0.29) is 11.5 Å². The molecule has 0 saturated carbocycles. The van der Waals surface area contributed by atoms with Gasteiger partial charge >= 0.3 is 0 Å². The molecule has 0 aliphatic rings. The monoisotopic (exact) mass is 242 g/mol. The molecular weight excluding hydrogens is 224 g/mol. The van der Waals surface area contributed by atoms with Gasteiger partial charge in [0.15, 0.2) is 0 Å². The summed E-state index contributed by atoms with van der Waals surface area (Å²) in [6.07, 6.45) is 0. The van der Waals surface area contributed by atoms with Crippen LogP contribution in [0.2, 0.25) is 0 Å². The van der Waals surface area contributed by atoms with Crippen molar-refractivity contribution >= 4 is 0 Å². The van der Waals surface area contributed by atoms with Crippen LogP contribution in [0.1, 0.15) is 36.7 Å². The Labute approximate surface area is 107 Å². The van der Waals surface area contributed by atoms with Gasteiger partial charge in [-0.15, -0.1) is 0 Å². The van der Waals surface area contributed by atoms with E-state index in [2.05, 4.69) is 23.0 Å². The van der Waals surface area contributed by atoms with Crippen molar-refractivity contribution in [2.24, 2.45) is 0 Å². The van der Waals surface area contributed by atoms with E-state index in [0.717, 1.165) is 22.6 Å². The predicted octanol–water partition coefficient (Wildman–Crippen LogP) is 3.18. The Bertz CT molecular complexity index is 627. The lowest BCUT2D eigenvalue weighted by molar-refractivity contribution is 0.768. The van der Waals surface area contributed by atoms with E-state index in [1.165, 1.54) is 5.56 Å². The van der Waals surface area contributed by atoms with Crippen molar-refractivity contribution in [2.45, 2.75) is 33.6 Å². The first kappa shape index (κ1) is 12.6. The Morgan fingerprint density at radius 1 is 1.17 bits per heavy atom. The van der Waals surface area contributed by atoms with Crippen molar-refractivity contribution in [1.82, 2.24) is 9.97 Å². The van der Waals surface area contributed by atoms with E-state index in [0.29, 0.717) is 0 Å². The Kier molecular flexibility index (Phi) is 3.32. The molecule has 3 nitrogen and oxygen atoms in total. The van der Waals surface area contributed by atoms with E-state index >= 15 is 0 Å². The molecule has 0 fully saturated rings. The third-order valence-electron chi connectivity index (χ3n) is 2.96. The molecule has 1 N–H and O–H groups in total. The maximum atomic E-state index is 11.7. The quantitative estimate of drug-likeness (QED) is 0.879. The number of hydrogen-bond donors (Lipinski definition) is 1. The lowest BCUT2D eigenvalue weighted by Crippen LogP contribution is -2.12. The molecule has 2 aromatic rings. The van der Waals surface area contributed by atoms with Crippen LogP contribution in [0, 0.1) is 13.8 Å². The third kappa shape index (κ3) is 2.50. The molecule has 0 unspecified atom stereocenters. The Morgan fingerprint density at radius 3 is 2.50 bits per heavy atom. The molecule has 0 amide bonds. The van der Waals surface area contributed by atoms with Crippen molar-refractivity contribution in [1.29, 1.82) is 0 Å². The largest absolute Gasteiger partial charge is 0.310 e. The number of H-pyrrole nitrogens is 1. The smallest absolute Gasteiger partial charge is 0.251 e. The topological polar surface area (TPSA) is 45.8 Å². The first-order valence-corrected chi connectivity index (χ1v) is 6.16. The van der Waals surface area contributed by atoms with Crippen LogP contribution in [0.5, 0.6) is 0 Å². The molecule has 0 radical (unpaired) electrons. The molecule has 18 heavy (non-hydrogen) atoms. The maximum Gasteiger partial charge on any atom is 0.251 e. The molecule has 0 atom stereocenters. The molecule has 2 rings (SSSR count). The van der Waals surface area contributed by atoms with Gasteiger partial charge in [-0.2, -0.15) is 0 Å². The maximum absolute atomic E-state index is 11.7. The second-order valence-electron chi connectivity index (χ2n) is 4.99. The summed E-state index contributed by atoms with van der Waals surface area (Å²) in [5, 5.41) is 0. The zero-order valence-electron chi connectivity index (χ0n) is 11.2. The van der Waals surface area contributed by atoms with Gasteiger partial charge in [0.05, 0.1) is 5.69 Å². The SMILES string of the molecule is Cc1ccc(-c2cc(=O)[nH]c(C(C)C)n2)c(C)c1. The van der Waals surface area contributed by atoms with Crippen molar-refractivity contribution in [2.75, 3.05) is 0 Å². The fraction of sp³-hybridized carbons (Fsp3) is 0.333. The number of aromatic amines is 1. The molecule has 1 heterocycles. The van der Waals surface area contributed by atoms with Crippen LogP contribution in [0.15, 0.2) is 29.1 Å². The summed E-state index contributed by atoms with van der Waals surface area (Å²) in [5.74, 6) is 0.945. The van der Waals surface area contributed by atoms with Gasteiger partial charge in [-0.3, -0.25) is 4.79 Å². The minimum absolute atomic E-state index is 0.0938. The zero-order valence-corrected chi connectivity index (χ0v) is 11.2. The van der Waals surface area contributed by atoms with E-state index in [4.69, 9.17) is 0 Å². The molecule has 1 aromatic carbocycles. The molecular formula is C15H18N2O. The predicted molar refractivity (Wildman–Crippen MR) is 73.9 cm³/mol. The summed E-state index contributed by atoms with van der Waals surface area (Å²) in [6, 6.07) is 7.73. The lowest BCUT2D eigenvalue weighted by Gasteiger charge is -2.09. The first-order chi connectivity index (χ1) is 8.47. The Hall–Kier alpha value is -1.90. The van der Waals surface area contributed by atoms with Gasteiger partial charge in [-0.05, 0) is 19.4 Å². The van der Waals surface area contributed by atoms with E-state index in [1.54, 1.807) is 6.07 Å².